The third-order valence-corrected chi connectivity index (χ3v) is 3.43. The molecule has 2 aromatic carbocycles. The van der Waals surface area contributed by atoms with E-state index in [9.17, 15) is 4.79 Å². The van der Waals surface area contributed by atoms with Gasteiger partial charge in [0.2, 0.25) is 0 Å². The lowest BCUT2D eigenvalue weighted by Gasteiger charge is -2.13. The van der Waals surface area contributed by atoms with Gasteiger partial charge in [-0.3, -0.25) is 4.79 Å². The molecule has 0 radical (unpaired) electrons. The van der Waals surface area contributed by atoms with Gasteiger partial charge in [-0.15, -0.1) is 0 Å². The number of carbonyl (C=O) groups excluding carboxylic acids is 1. The van der Waals surface area contributed by atoms with Crippen molar-refractivity contribution in [2.24, 2.45) is 5.73 Å². The van der Waals surface area contributed by atoms with E-state index in [4.69, 9.17) is 5.73 Å². The second-order valence-corrected chi connectivity index (χ2v) is 4.71. The van der Waals surface area contributed by atoms with Crippen LogP contribution in [0.5, 0.6) is 0 Å². The summed E-state index contributed by atoms with van der Waals surface area (Å²) in [7, 11) is 0. The van der Waals surface area contributed by atoms with Gasteiger partial charge in [-0.1, -0.05) is 48.5 Å². The van der Waals surface area contributed by atoms with Crippen molar-refractivity contribution in [2.75, 3.05) is 0 Å². The molecule has 3 aromatic rings. The van der Waals surface area contributed by atoms with Crippen molar-refractivity contribution in [3.8, 4) is 11.1 Å². The molecule has 0 bridgehead atoms. The summed E-state index contributed by atoms with van der Waals surface area (Å²) in [5, 5.41) is 1.03. The number of primary amides is 1. The molecule has 0 aliphatic carbocycles. The highest BCUT2D eigenvalue weighted by atomic mass is 16.1. The monoisotopic (exact) mass is 262 g/mol. The number of carbonyl (C=O) groups is 1. The molecule has 0 saturated heterocycles. The number of pyridine rings is 1. The van der Waals surface area contributed by atoms with E-state index in [1.54, 1.807) is 0 Å². The van der Waals surface area contributed by atoms with Crippen LogP contribution in [-0.4, -0.2) is 10.9 Å². The number of hydrogen-bond acceptors (Lipinski definition) is 2. The highest BCUT2D eigenvalue weighted by Gasteiger charge is 2.15. The Morgan fingerprint density at radius 3 is 2.35 bits per heavy atom. The number of fused-ring (bicyclic) bond motifs is 1. The summed E-state index contributed by atoms with van der Waals surface area (Å²) in [6.45, 7) is 1.89. The summed E-state index contributed by atoms with van der Waals surface area (Å²) in [5.74, 6) is -0.495. The maximum absolute atomic E-state index is 11.6. The minimum Gasteiger partial charge on any atom is -0.364 e. The van der Waals surface area contributed by atoms with Crippen molar-refractivity contribution >= 4 is 16.8 Å². The molecule has 0 fully saturated rings. The van der Waals surface area contributed by atoms with Crippen LogP contribution in [0.4, 0.5) is 0 Å². The van der Waals surface area contributed by atoms with Crippen LogP contribution in [0.3, 0.4) is 0 Å². The van der Waals surface area contributed by atoms with Crippen molar-refractivity contribution in [2.45, 2.75) is 6.92 Å². The number of para-hydroxylation sites is 1. The molecule has 3 heteroatoms. The van der Waals surface area contributed by atoms with Crippen molar-refractivity contribution in [3.05, 3.63) is 65.9 Å². The zero-order chi connectivity index (χ0) is 14.1. The van der Waals surface area contributed by atoms with Gasteiger partial charge in [-0.2, -0.15) is 0 Å². The topological polar surface area (TPSA) is 56.0 Å². The maximum Gasteiger partial charge on any atom is 0.267 e. The van der Waals surface area contributed by atoms with Gasteiger partial charge in [-0.05, 0) is 29.7 Å². The van der Waals surface area contributed by atoms with Gasteiger partial charge in [0.1, 0.15) is 5.69 Å². The van der Waals surface area contributed by atoms with E-state index < -0.39 is 5.91 Å². The van der Waals surface area contributed by atoms with Gasteiger partial charge in [-0.25, -0.2) is 4.98 Å². The molecule has 0 saturated carbocycles. The Morgan fingerprint density at radius 2 is 1.65 bits per heavy atom. The van der Waals surface area contributed by atoms with Crippen LogP contribution < -0.4 is 5.73 Å². The van der Waals surface area contributed by atoms with Crippen LogP contribution in [-0.2, 0) is 0 Å². The van der Waals surface area contributed by atoms with E-state index in [2.05, 4.69) is 4.98 Å². The molecule has 1 amide bonds. The van der Waals surface area contributed by atoms with E-state index >= 15 is 0 Å². The largest absolute Gasteiger partial charge is 0.364 e. The summed E-state index contributed by atoms with van der Waals surface area (Å²) in [6.07, 6.45) is 0. The highest BCUT2D eigenvalue weighted by Crippen LogP contribution is 2.32. The van der Waals surface area contributed by atoms with Crippen LogP contribution in [0.15, 0.2) is 54.6 Å². The molecule has 2 N–H and O–H groups in total. The van der Waals surface area contributed by atoms with E-state index in [-0.39, 0.29) is 0 Å². The van der Waals surface area contributed by atoms with E-state index in [0.717, 1.165) is 27.6 Å². The first kappa shape index (κ1) is 12.4. The fourth-order valence-corrected chi connectivity index (χ4v) is 2.52. The Bertz CT molecular complexity index is 795. The van der Waals surface area contributed by atoms with Crippen molar-refractivity contribution in [1.29, 1.82) is 0 Å². The molecule has 20 heavy (non-hydrogen) atoms. The fourth-order valence-electron chi connectivity index (χ4n) is 2.52. The summed E-state index contributed by atoms with van der Waals surface area (Å²) in [4.78, 5) is 16.0. The van der Waals surface area contributed by atoms with E-state index in [1.165, 1.54) is 0 Å². The average Bonchev–Trinajstić information content (AvgIpc) is 2.47. The summed E-state index contributed by atoms with van der Waals surface area (Å²) < 4.78 is 0. The Kier molecular flexibility index (Phi) is 2.95. The Labute approximate surface area is 117 Å². The smallest absolute Gasteiger partial charge is 0.267 e. The van der Waals surface area contributed by atoms with Crippen LogP contribution in [0.25, 0.3) is 22.0 Å². The second-order valence-electron chi connectivity index (χ2n) is 4.71. The number of nitrogens with two attached hydrogens (primary N) is 1. The predicted molar refractivity (Wildman–Crippen MR) is 80.4 cm³/mol. The number of nitrogens with zero attached hydrogens (tertiary/aromatic N) is 1. The lowest BCUT2D eigenvalue weighted by molar-refractivity contribution is 0.0995. The van der Waals surface area contributed by atoms with Crippen molar-refractivity contribution in [3.63, 3.8) is 0 Å². The molecule has 3 rings (SSSR count). The summed E-state index contributed by atoms with van der Waals surface area (Å²) >= 11 is 0. The summed E-state index contributed by atoms with van der Waals surface area (Å²) in [5.41, 5.74) is 9.47. The maximum atomic E-state index is 11.6. The SMILES string of the molecule is Cc1c(C(N)=O)nc2ccccc2c1-c1ccccc1. The molecular formula is C17H14N2O. The first-order valence-electron chi connectivity index (χ1n) is 6.43. The second kappa shape index (κ2) is 4.78. The van der Waals surface area contributed by atoms with Gasteiger partial charge in [0, 0.05) is 5.39 Å². The lowest BCUT2D eigenvalue weighted by atomic mass is 9.95. The normalized spacial score (nSPS) is 10.7. The third kappa shape index (κ3) is 1.93. The molecule has 98 valence electrons. The van der Waals surface area contributed by atoms with E-state index in [1.807, 2.05) is 61.5 Å². The quantitative estimate of drug-likeness (QED) is 0.770. The van der Waals surface area contributed by atoms with Gasteiger partial charge in [0.25, 0.3) is 5.91 Å². The molecule has 0 aliphatic heterocycles. The zero-order valence-corrected chi connectivity index (χ0v) is 11.1. The number of rotatable bonds is 2. The van der Waals surface area contributed by atoms with Crippen molar-refractivity contribution in [1.82, 2.24) is 4.98 Å². The van der Waals surface area contributed by atoms with Crippen LogP contribution >= 0.6 is 0 Å². The summed E-state index contributed by atoms with van der Waals surface area (Å²) in [6, 6.07) is 17.8. The fraction of sp³-hybridized carbons (Fsp3) is 0.0588. The molecule has 0 atom stereocenters. The zero-order valence-electron chi connectivity index (χ0n) is 11.1. The number of amides is 1. The molecule has 1 heterocycles. The first-order chi connectivity index (χ1) is 9.68. The van der Waals surface area contributed by atoms with Gasteiger partial charge in [0.05, 0.1) is 5.52 Å². The molecule has 3 nitrogen and oxygen atoms in total. The van der Waals surface area contributed by atoms with Crippen molar-refractivity contribution < 1.29 is 4.79 Å². The van der Waals surface area contributed by atoms with E-state index in [0.29, 0.717) is 5.69 Å². The molecule has 1 aromatic heterocycles. The first-order valence-corrected chi connectivity index (χ1v) is 6.43. The molecular weight excluding hydrogens is 248 g/mol. The number of hydrogen-bond donors (Lipinski definition) is 1. The van der Waals surface area contributed by atoms with Crippen LogP contribution in [0.2, 0.25) is 0 Å². The average molecular weight is 262 g/mol. The number of aromatic nitrogens is 1. The molecule has 0 unspecified atom stereocenters. The minimum absolute atomic E-state index is 0.336. The highest BCUT2D eigenvalue weighted by molar-refractivity contribution is 6.03. The standard InChI is InChI=1S/C17H14N2O/c1-11-15(12-7-3-2-4-8-12)13-9-5-6-10-14(13)19-16(11)17(18)20/h2-10H,1H3,(H2,18,20). The Hall–Kier alpha value is -2.68. The number of benzene rings is 2. The molecule has 0 spiro atoms. The Balaban J connectivity index is 2.45. The van der Waals surface area contributed by atoms with Gasteiger partial charge >= 0.3 is 0 Å². The Morgan fingerprint density at radius 1 is 1.00 bits per heavy atom. The predicted octanol–water partition coefficient (Wildman–Crippen LogP) is 3.31. The van der Waals surface area contributed by atoms with Crippen LogP contribution in [0, 0.1) is 6.92 Å². The van der Waals surface area contributed by atoms with Gasteiger partial charge in [0.15, 0.2) is 0 Å². The van der Waals surface area contributed by atoms with Gasteiger partial charge < -0.3 is 5.73 Å². The minimum atomic E-state index is -0.495. The van der Waals surface area contributed by atoms with Crippen LogP contribution in [0.1, 0.15) is 16.1 Å². The third-order valence-electron chi connectivity index (χ3n) is 3.43. The lowest BCUT2D eigenvalue weighted by Crippen LogP contribution is -2.15. The molecule has 0 aliphatic rings.